The van der Waals surface area contributed by atoms with Crippen LogP contribution in [0.3, 0.4) is 0 Å². The number of fused-ring (bicyclic) bond motifs is 14. The monoisotopic (exact) mass is 1090 g/mol. The summed E-state index contributed by atoms with van der Waals surface area (Å²) >= 11 is 0. The summed E-state index contributed by atoms with van der Waals surface area (Å²) in [5.74, 6) is 4.42. The lowest BCUT2D eigenvalue weighted by atomic mass is 10.0. The van der Waals surface area contributed by atoms with E-state index in [0.717, 1.165) is 164 Å². The molecule has 0 unspecified atom stereocenters. The van der Waals surface area contributed by atoms with Gasteiger partial charge in [-0.05, 0) is 167 Å². The highest BCUT2D eigenvalue weighted by Gasteiger charge is 2.28. The van der Waals surface area contributed by atoms with E-state index >= 15 is 0 Å². The molecule has 9 aromatic rings. The summed E-state index contributed by atoms with van der Waals surface area (Å²) in [6, 6.07) is 26.8. The standard InChI is InChI=1S/3C21H25N5O/c1-15-3-4-17-13-18(15)19-14-22-26-10-7-20(23-21(19)26)24(2)16-5-8-25(9-6-16)11-12-27-17;1-15-5-6-17-12-18(15)19-13-23-26-11-7-20(24-21(19)26)22-8-3-10-25-9-2-4-16(25)14-27-17;1-15-5-6-16-12-18(15)19-14-23-26-10-7-20(24-21(19)26)27-11-3-9-25-8-2-4-17(25)13-22-16/h3-4,7,10,13-14,16H,5-6,8-9,11-12H2,1-2H3;5-7,11-13,16H,2-4,8-10,14H2,1H3,(H,22,24);5-7,10,12,14,17,22H,2-4,8-9,11,13H2,1H3/t;16-;17-/m.00/s1. The van der Waals surface area contributed by atoms with E-state index in [9.17, 15) is 0 Å². The minimum atomic E-state index is 0.516. The average molecular weight is 1090 g/mol. The van der Waals surface area contributed by atoms with Gasteiger partial charge in [-0.2, -0.15) is 20.3 Å². The van der Waals surface area contributed by atoms with E-state index in [1.807, 2.05) is 62.9 Å². The minimum absolute atomic E-state index is 0.516. The number of hydrogen-bond donors (Lipinski definition) is 2. The summed E-state index contributed by atoms with van der Waals surface area (Å²) < 4.78 is 23.8. The lowest BCUT2D eigenvalue weighted by molar-refractivity contribution is 0.172. The fourth-order valence-corrected chi connectivity index (χ4v) is 12.7. The van der Waals surface area contributed by atoms with Crippen LogP contribution < -0.4 is 29.7 Å². The maximum Gasteiger partial charge on any atom is 0.216 e. The zero-order valence-corrected chi connectivity index (χ0v) is 47.3. The third-order valence-electron chi connectivity index (χ3n) is 17.5. The molecule has 0 spiro atoms. The third-order valence-corrected chi connectivity index (χ3v) is 17.5. The van der Waals surface area contributed by atoms with E-state index < -0.39 is 0 Å². The fourth-order valence-electron chi connectivity index (χ4n) is 12.7. The molecule has 3 fully saturated rings. The topological polar surface area (TPSA) is 155 Å². The SMILES string of the molecule is Cc1ccc2cc1-c1cnn3ccc(nc13)N(C)C1CCN(CCO2)CC1.Cc1ccc2cc1-c1cnn3ccc(nc13)NCCCN1CCC[C@H]1CO2.Cc1ccc2cc1-c1cnn3ccc(nc13)OCCCN1CCC[C@H]1CN2. The van der Waals surface area contributed by atoms with Crippen molar-refractivity contribution in [2.75, 3.05) is 101 Å². The highest BCUT2D eigenvalue weighted by atomic mass is 16.5. The highest BCUT2D eigenvalue weighted by molar-refractivity contribution is 5.83. The number of nitrogens with one attached hydrogen (secondary N) is 2. The zero-order valence-electron chi connectivity index (χ0n) is 47.3. The Morgan fingerprint density at radius 1 is 0.481 bits per heavy atom. The summed E-state index contributed by atoms with van der Waals surface area (Å²) in [4.78, 5) is 24.6. The van der Waals surface area contributed by atoms with Crippen molar-refractivity contribution < 1.29 is 14.2 Å². The van der Waals surface area contributed by atoms with Crippen molar-refractivity contribution in [3.05, 3.63) is 127 Å². The van der Waals surface area contributed by atoms with Crippen molar-refractivity contribution in [2.24, 2.45) is 0 Å². The summed E-state index contributed by atoms with van der Waals surface area (Å²) in [5.41, 5.74) is 13.9. The Balaban J connectivity index is 0.000000114. The van der Waals surface area contributed by atoms with Gasteiger partial charge in [-0.1, -0.05) is 18.2 Å². The van der Waals surface area contributed by atoms with Crippen molar-refractivity contribution >= 4 is 34.3 Å². The third kappa shape index (κ3) is 11.3. The van der Waals surface area contributed by atoms with Crippen LogP contribution >= 0.6 is 0 Å². The molecule has 7 aliphatic rings. The number of nitrogens with zero attached hydrogens (tertiary/aromatic N) is 13. The Morgan fingerprint density at radius 3 is 1.80 bits per heavy atom. The molecule has 2 N–H and O–H groups in total. The second-order valence-corrected chi connectivity index (χ2v) is 22.7. The lowest BCUT2D eigenvalue weighted by Gasteiger charge is -2.37. The largest absolute Gasteiger partial charge is 0.492 e. The lowest BCUT2D eigenvalue weighted by Crippen LogP contribution is -2.44. The second-order valence-electron chi connectivity index (χ2n) is 22.7. The van der Waals surface area contributed by atoms with Crippen molar-refractivity contribution in [1.82, 2.24) is 58.5 Å². The van der Waals surface area contributed by atoms with Gasteiger partial charge >= 0.3 is 0 Å². The van der Waals surface area contributed by atoms with E-state index in [4.69, 9.17) is 29.2 Å². The molecular weight excluding hydrogens is 1010 g/mol. The fraction of sp³-hybridized carbons (Fsp3) is 0.429. The van der Waals surface area contributed by atoms with Crippen molar-refractivity contribution in [3.8, 4) is 50.8 Å². The Morgan fingerprint density at radius 2 is 1.07 bits per heavy atom. The summed E-state index contributed by atoms with van der Waals surface area (Å²) in [7, 11) is 2.17. The molecule has 16 rings (SSSR count). The molecule has 6 aromatic heterocycles. The molecular formula is C63H75N15O3. The van der Waals surface area contributed by atoms with Crippen LogP contribution in [0.2, 0.25) is 0 Å². The number of rotatable bonds is 0. The number of benzene rings is 3. The molecule has 0 saturated carbocycles. The molecule has 2 atom stereocenters. The molecule has 3 aromatic carbocycles. The number of hydrogen-bond acceptors (Lipinski definition) is 15. The van der Waals surface area contributed by atoms with Gasteiger partial charge in [0.1, 0.15) is 36.3 Å². The van der Waals surface area contributed by atoms with Crippen molar-refractivity contribution in [3.63, 3.8) is 0 Å². The maximum atomic E-state index is 6.21. The average Bonchev–Trinajstić information content (AvgIpc) is 4.39. The molecule has 0 amide bonds. The molecule has 18 nitrogen and oxygen atoms in total. The quantitative estimate of drug-likeness (QED) is 0.148. The normalized spacial score (nSPS) is 21.2. The van der Waals surface area contributed by atoms with Gasteiger partial charge in [0, 0.05) is 118 Å². The van der Waals surface area contributed by atoms with Gasteiger partial charge in [-0.15, -0.1) is 0 Å². The molecule has 7 aliphatic heterocycles. The van der Waals surface area contributed by atoms with Crippen LogP contribution in [0.4, 0.5) is 17.3 Å². The Labute approximate surface area is 474 Å². The van der Waals surface area contributed by atoms with E-state index in [1.165, 1.54) is 55.5 Å². The van der Waals surface area contributed by atoms with Gasteiger partial charge in [0.15, 0.2) is 16.9 Å². The first-order valence-corrected chi connectivity index (χ1v) is 29.4. The Hall–Kier alpha value is -7.80. The first kappa shape index (κ1) is 52.6. The summed E-state index contributed by atoms with van der Waals surface area (Å²) in [6.07, 6.45) is 21.1. The van der Waals surface area contributed by atoms with Crippen LogP contribution in [-0.2, 0) is 0 Å². The zero-order chi connectivity index (χ0) is 54.8. The smallest absolute Gasteiger partial charge is 0.216 e. The maximum absolute atomic E-state index is 6.21. The van der Waals surface area contributed by atoms with Crippen molar-refractivity contribution in [2.45, 2.75) is 90.3 Å². The van der Waals surface area contributed by atoms with Gasteiger partial charge in [0.05, 0.1) is 25.2 Å². The number of piperidine rings is 1. The molecule has 420 valence electrons. The van der Waals surface area contributed by atoms with Crippen LogP contribution in [0.1, 0.15) is 68.1 Å². The second kappa shape index (κ2) is 23.4. The van der Waals surface area contributed by atoms with Crippen LogP contribution in [0.15, 0.2) is 110 Å². The van der Waals surface area contributed by atoms with E-state index in [1.54, 1.807) is 0 Å². The molecule has 14 bridgehead atoms. The summed E-state index contributed by atoms with van der Waals surface area (Å²) in [6.45, 7) is 18.2. The van der Waals surface area contributed by atoms with E-state index in [2.05, 4.69) is 134 Å². The molecule has 13 heterocycles. The van der Waals surface area contributed by atoms with Gasteiger partial charge in [0.2, 0.25) is 5.88 Å². The Kier molecular flexibility index (Phi) is 15.2. The van der Waals surface area contributed by atoms with Crippen LogP contribution in [0.25, 0.3) is 50.3 Å². The van der Waals surface area contributed by atoms with Crippen LogP contribution in [-0.4, -0.2) is 162 Å². The first-order chi connectivity index (χ1) is 39.7. The summed E-state index contributed by atoms with van der Waals surface area (Å²) in [5, 5.41) is 20.6. The van der Waals surface area contributed by atoms with Gasteiger partial charge in [-0.25, -0.2) is 23.5 Å². The molecule has 0 aliphatic carbocycles. The minimum Gasteiger partial charge on any atom is -0.492 e. The highest BCUT2D eigenvalue weighted by Crippen LogP contribution is 2.35. The van der Waals surface area contributed by atoms with Crippen molar-refractivity contribution in [1.29, 1.82) is 0 Å². The Bertz CT molecular complexity index is 3500. The van der Waals surface area contributed by atoms with E-state index in [0.29, 0.717) is 30.6 Å². The number of aromatic nitrogens is 9. The predicted octanol–water partition coefficient (Wildman–Crippen LogP) is 9.72. The predicted molar refractivity (Wildman–Crippen MR) is 319 cm³/mol. The van der Waals surface area contributed by atoms with E-state index in [-0.39, 0.29) is 0 Å². The number of ether oxygens (including phenoxy) is 3. The number of aryl methyl sites for hydroxylation is 3. The number of anilines is 3. The van der Waals surface area contributed by atoms with Gasteiger partial charge in [0.25, 0.3) is 0 Å². The molecule has 18 heteroatoms. The van der Waals surface area contributed by atoms with Crippen LogP contribution in [0.5, 0.6) is 17.4 Å². The molecule has 3 saturated heterocycles. The van der Waals surface area contributed by atoms with Gasteiger partial charge < -0.3 is 29.7 Å². The molecule has 81 heavy (non-hydrogen) atoms. The first-order valence-electron chi connectivity index (χ1n) is 29.4. The van der Waals surface area contributed by atoms with Gasteiger partial charge in [-0.3, -0.25) is 14.7 Å². The van der Waals surface area contributed by atoms with Crippen LogP contribution in [0, 0.1) is 20.8 Å². The molecule has 0 radical (unpaired) electrons.